The fourth-order valence-electron chi connectivity index (χ4n) is 7.51. The predicted molar refractivity (Wildman–Crippen MR) is 264 cm³/mol. The van der Waals surface area contributed by atoms with E-state index in [9.17, 15) is 14.7 Å². The molecule has 2 aliphatic heterocycles. The van der Waals surface area contributed by atoms with E-state index in [2.05, 4.69) is 47.5 Å². The number of carboxylic acid groups (broad SMARTS) is 2. The number of piperidine rings is 2. The zero-order valence-electron chi connectivity index (χ0n) is 39.7. The first kappa shape index (κ1) is 53.2. The number of nitrogens with zero attached hydrogens (tertiary/aromatic N) is 11. The molecule has 368 valence electrons. The minimum atomic E-state index is -0.734. The van der Waals surface area contributed by atoms with Crippen LogP contribution in [0.15, 0.2) is 36.7 Å². The topological polar surface area (TPSA) is 259 Å². The summed E-state index contributed by atoms with van der Waals surface area (Å²) in [6.45, 7) is 18.6. The number of aryl methyl sites for hydroxylation is 4. The van der Waals surface area contributed by atoms with Crippen molar-refractivity contribution in [3.8, 4) is 0 Å². The van der Waals surface area contributed by atoms with Gasteiger partial charge in [-0.15, -0.1) is 0 Å². The molecule has 0 radical (unpaired) electrons. The molecule has 68 heavy (non-hydrogen) atoms. The molecule has 2 aliphatic rings. The molecule has 0 saturated carbocycles. The zero-order valence-corrected chi connectivity index (χ0v) is 41.2. The minimum Gasteiger partial charge on any atom is -0.481 e. The van der Waals surface area contributed by atoms with E-state index in [1.54, 1.807) is 17.1 Å². The Morgan fingerprint density at radius 1 is 0.765 bits per heavy atom. The fraction of sp³-hybridized carbons (Fsp3) is 0.522. The van der Waals surface area contributed by atoms with E-state index in [-0.39, 0.29) is 17.1 Å². The van der Waals surface area contributed by atoms with Crippen LogP contribution in [0, 0.1) is 25.7 Å². The van der Waals surface area contributed by atoms with Gasteiger partial charge in [0.2, 0.25) is 11.2 Å². The number of nitrogens with two attached hydrogens (primary N) is 1. The number of aliphatic carboxylic acids is 2. The number of pyridine rings is 2. The molecule has 22 heteroatoms. The number of carboxylic acids is 2. The van der Waals surface area contributed by atoms with Gasteiger partial charge in [0.15, 0.2) is 11.0 Å². The van der Waals surface area contributed by atoms with Crippen molar-refractivity contribution in [2.24, 2.45) is 11.8 Å². The average Bonchev–Trinajstić information content (AvgIpc) is 3.87. The van der Waals surface area contributed by atoms with Crippen LogP contribution in [0.4, 0.5) is 23.4 Å². The Hall–Kier alpha value is -5.80. The number of rotatable bonds is 15. The van der Waals surface area contributed by atoms with Crippen LogP contribution >= 0.6 is 23.2 Å². The molecule has 6 aromatic heterocycles. The number of fused-ring (bicyclic) bond motifs is 2. The third kappa shape index (κ3) is 15.1. The second-order valence-corrected chi connectivity index (χ2v) is 16.8. The van der Waals surface area contributed by atoms with Crippen molar-refractivity contribution in [2.45, 2.75) is 93.2 Å². The molecule has 2 fully saturated rings. The lowest BCUT2D eigenvalue weighted by molar-refractivity contribution is -0.143. The molecule has 6 aromatic rings. The number of aromatic nitrogens is 10. The van der Waals surface area contributed by atoms with E-state index in [1.807, 2.05) is 63.6 Å². The van der Waals surface area contributed by atoms with Gasteiger partial charge in [-0.25, -0.2) is 24.9 Å². The lowest BCUT2D eigenvalue weighted by Crippen LogP contribution is -2.37. The van der Waals surface area contributed by atoms with Gasteiger partial charge in [0, 0.05) is 38.7 Å². The van der Waals surface area contributed by atoms with Gasteiger partial charge in [-0.3, -0.25) is 19.0 Å². The summed E-state index contributed by atoms with van der Waals surface area (Å²) in [5.74, 6) is 0.723. The van der Waals surface area contributed by atoms with Crippen molar-refractivity contribution in [1.29, 1.82) is 0 Å². The van der Waals surface area contributed by atoms with Gasteiger partial charge in [-0.2, -0.15) is 15.2 Å². The summed E-state index contributed by atoms with van der Waals surface area (Å²) in [7, 11) is 0. The minimum absolute atomic E-state index is 0.0914. The average molecular weight is 980 g/mol. The first-order chi connectivity index (χ1) is 32.8. The van der Waals surface area contributed by atoms with Crippen LogP contribution in [-0.2, 0) is 45.0 Å². The maximum Gasteiger partial charge on any atom is 0.306 e. The highest BCUT2D eigenvalue weighted by atomic mass is 35.5. The molecule has 0 unspecified atom stereocenters. The normalized spacial score (nSPS) is 14.1. The monoisotopic (exact) mass is 978 g/mol. The molecule has 0 aliphatic carbocycles. The summed E-state index contributed by atoms with van der Waals surface area (Å²) in [4.78, 5) is 49.9. The Balaban J connectivity index is 0.000000203. The van der Waals surface area contributed by atoms with Crippen molar-refractivity contribution in [2.75, 3.05) is 68.6 Å². The second-order valence-electron chi connectivity index (χ2n) is 16.1. The largest absolute Gasteiger partial charge is 0.481 e. The van der Waals surface area contributed by atoms with Crippen LogP contribution in [0.1, 0.15) is 75.9 Å². The summed E-state index contributed by atoms with van der Waals surface area (Å²) >= 11 is 11.9. The number of ether oxygens (including phenoxy) is 2. The molecule has 2 saturated heterocycles. The van der Waals surface area contributed by atoms with E-state index in [0.29, 0.717) is 94.0 Å². The molecule has 20 nitrogen and oxygen atoms in total. The Labute approximate surface area is 406 Å². The van der Waals surface area contributed by atoms with E-state index in [0.717, 1.165) is 83.4 Å². The van der Waals surface area contributed by atoms with Crippen molar-refractivity contribution < 1.29 is 29.3 Å². The first-order valence-corrected chi connectivity index (χ1v) is 23.8. The molecular weight excluding hydrogens is 916 g/mol. The van der Waals surface area contributed by atoms with E-state index in [4.69, 9.17) is 58.6 Å². The molecular formula is C46H64Cl2N14O6. The van der Waals surface area contributed by atoms with Crippen LogP contribution in [0.3, 0.4) is 0 Å². The van der Waals surface area contributed by atoms with Crippen LogP contribution in [0.5, 0.6) is 0 Å². The highest BCUT2D eigenvalue weighted by molar-refractivity contribution is 6.35. The van der Waals surface area contributed by atoms with E-state index < -0.39 is 11.9 Å². The van der Waals surface area contributed by atoms with Crippen LogP contribution in [-0.4, -0.2) is 124 Å². The number of nitrogen functional groups attached to an aromatic ring is 1. The van der Waals surface area contributed by atoms with Crippen molar-refractivity contribution >= 4 is 80.6 Å². The maximum absolute atomic E-state index is 11.4. The second kappa shape index (κ2) is 26.7. The van der Waals surface area contributed by atoms with Gasteiger partial charge < -0.3 is 41.0 Å². The number of halogens is 2. The molecule has 0 spiro atoms. The molecule has 8 rings (SSSR count). The molecule has 0 bridgehead atoms. The summed E-state index contributed by atoms with van der Waals surface area (Å²) in [6, 6.07) is 7.66. The number of nitrogens with one attached hydrogen (secondary N) is 2. The predicted octanol–water partition coefficient (Wildman–Crippen LogP) is 6.95. The smallest absolute Gasteiger partial charge is 0.306 e. The van der Waals surface area contributed by atoms with Crippen LogP contribution in [0.2, 0.25) is 10.4 Å². The van der Waals surface area contributed by atoms with Gasteiger partial charge in [-0.05, 0) is 126 Å². The highest BCUT2D eigenvalue weighted by Crippen LogP contribution is 2.31. The van der Waals surface area contributed by atoms with Crippen LogP contribution in [0.25, 0.3) is 22.1 Å². The molecule has 0 amide bonds. The number of hydrogen-bond acceptors (Lipinski definition) is 16. The molecule has 0 atom stereocenters. The Morgan fingerprint density at radius 2 is 1.31 bits per heavy atom. The zero-order chi connectivity index (χ0) is 49.2. The maximum atomic E-state index is 11.4. The lowest BCUT2D eigenvalue weighted by Gasteiger charge is -2.30. The highest BCUT2D eigenvalue weighted by Gasteiger charge is 2.28. The standard InChI is InChI=1S/C23H31N7O3.C11H14Cl2N4O.C6H8N2.C6H11NO2/c1-4-17-19-20(30(28-17)12-13-33-5-2)21(25-18-14-15(3)6-9-24-18)27-23(26-19)29-10-7-16(8-11-29)22(31)32;1-3-7-8-9(10(12)15-11(13)14-8)17(16-7)5-6-18-4-2;1-5-2-3-8-6(7)4-5;8-6(9)5-1-3-7-4-2-5/h6,9,14,16H,4-5,7-8,10-13H2,1-3H3,(H,31,32)(H,24,25,26,27);3-6H2,1-2H3;2-4H,1H3,(H2,7,8);5,7H,1-4H2,(H,8,9). The first-order valence-electron chi connectivity index (χ1n) is 23.1. The molecule has 6 N–H and O–H groups in total. The van der Waals surface area contributed by atoms with Crippen molar-refractivity contribution in [3.05, 3.63) is 69.6 Å². The van der Waals surface area contributed by atoms with Gasteiger partial charge in [0.1, 0.15) is 33.7 Å². The van der Waals surface area contributed by atoms with Crippen LogP contribution < -0.4 is 21.3 Å². The summed E-state index contributed by atoms with van der Waals surface area (Å²) in [5.41, 5.74) is 12.4. The Morgan fingerprint density at radius 3 is 1.81 bits per heavy atom. The summed E-state index contributed by atoms with van der Waals surface area (Å²) in [6.07, 6.45) is 7.69. The quantitative estimate of drug-likeness (QED) is 0.0396. The van der Waals surface area contributed by atoms with Gasteiger partial charge >= 0.3 is 11.9 Å². The molecule has 8 heterocycles. The number of hydrogen-bond donors (Lipinski definition) is 5. The lowest BCUT2D eigenvalue weighted by atomic mass is 9.97. The van der Waals surface area contributed by atoms with Gasteiger partial charge in [0.25, 0.3) is 0 Å². The van der Waals surface area contributed by atoms with E-state index >= 15 is 0 Å². The number of anilines is 4. The van der Waals surface area contributed by atoms with Gasteiger partial charge in [-0.1, -0.05) is 25.4 Å². The Kier molecular flexibility index (Phi) is 20.8. The van der Waals surface area contributed by atoms with Crippen molar-refractivity contribution in [3.63, 3.8) is 0 Å². The third-order valence-corrected chi connectivity index (χ3v) is 11.6. The molecule has 0 aromatic carbocycles. The Bertz CT molecular complexity index is 2540. The summed E-state index contributed by atoms with van der Waals surface area (Å²) in [5, 5.41) is 34.1. The fourth-order valence-corrected chi connectivity index (χ4v) is 7.99. The SMILES string of the molecule is CCOCCn1nc(CC)c2nc(Cl)nc(Cl)c21.CCOCCn1nc(CC)c2nc(N3CCC(C(=O)O)CC3)nc(Nc3cc(C)ccn3)c21.Cc1ccnc(N)c1.O=C(O)C1CCNCC1. The van der Waals surface area contributed by atoms with Crippen molar-refractivity contribution in [1.82, 2.24) is 54.8 Å². The van der Waals surface area contributed by atoms with E-state index in [1.165, 1.54) is 0 Å². The van der Waals surface area contributed by atoms with Gasteiger partial charge in [0.05, 0.1) is 49.5 Å². The number of carbonyl (C=O) groups is 2. The summed E-state index contributed by atoms with van der Waals surface area (Å²) < 4.78 is 14.6. The third-order valence-electron chi connectivity index (χ3n) is 11.1.